The second-order valence-corrected chi connectivity index (χ2v) is 5.28. The number of nitrogens with zero attached hydrogens (tertiary/aromatic N) is 1. The fourth-order valence-electron chi connectivity index (χ4n) is 2.08. The summed E-state index contributed by atoms with van der Waals surface area (Å²) in [6.45, 7) is 3.55. The molecular weight excluding hydrogens is 267 g/mol. The lowest BCUT2D eigenvalue weighted by Crippen LogP contribution is -2.15. The lowest BCUT2D eigenvalue weighted by atomic mass is 10.1. The number of anilines is 2. The van der Waals surface area contributed by atoms with Crippen LogP contribution in [0.1, 0.15) is 21.5 Å². The van der Waals surface area contributed by atoms with Crippen LogP contribution in [0.25, 0.3) is 0 Å². The summed E-state index contributed by atoms with van der Waals surface area (Å²) in [6.07, 6.45) is 0. The Hall–Kier alpha value is -2.36. The maximum absolute atomic E-state index is 14.0. The molecule has 0 fully saturated rings. The van der Waals surface area contributed by atoms with E-state index in [1.807, 2.05) is 44.1 Å². The summed E-state index contributed by atoms with van der Waals surface area (Å²) in [4.78, 5) is 14.2. The molecule has 0 saturated heterocycles. The first-order valence-electron chi connectivity index (χ1n) is 6.74. The fourth-order valence-corrected chi connectivity index (χ4v) is 2.08. The number of benzene rings is 2. The Morgan fingerprint density at radius 3 is 2.43 bits per heavy atom. The number of carbonyl (C=O) groups is 1. The summed E-state index contributed by atoms with van der Waals surface area (Å²) < 4.78 is 14.0. The van der Waals surface area contributed by atoms with Crippen LogP contribution < -0.4 is 10.2 Å². The average Bonchev–Trinajstić information content (AvgIpc) is 2.43. The molecular formula is C17H19FN2O. The molecule has 0 aliphatic heterocycles. The van der Waals surface area contributed by atoms with E-state index in [1.54, 1.807) is 19.1 Å². The number of rotatable bonds is 3. The topological polar surface area (TPSA) is 32.3 Å². The molecule has 0 spiro atoms. The molecule has 3 nitrogen and oxygen atoms in total. The van der Waals surface area contributed by atoms with Gasteiger partial charge in [-0.2, -0.15) is 0 Å². The molecule has 4 heteroatoms. The third-order valence-electron chi connectivity index (χ3n) is 3.41. The maximum atomic E-state index is 14.0. The van der Waals surface area contributed by atoms with Gasteiger partial charge in [-0.15, -0.1) is 0 Å². The molecule has 0 aromatic heterocycles. The number of halogens is 1. The maximum Gasteiger partial charge on any atom is 0.258 e. The van der Waals surface area contributed by atoms with E-state index in [9.17, 15) is 9.18 Å². The highest BCUT2D eigenvalue weighted by Gasteiger charge is 2.14. The number of aryl methyl sites for hydroxylation is 2. The molecule has 0 aliphatic carbocycles. The number of carbonyl (C=O) groups excluding carboxylic acids is 1. The summed E-state index contributed by atoms with van der Waals surface area (Å²) in [5.74, 6) is -0.908. The van der Waals surface area contributed by atoms with Crippen molar-refractivity contribution in [2.75, 3.05) is 24.3 Å². The van der Waals surface area contributed by atoms with Crippen molar-refractivity contribution in [2.24, 2.45) is 0 Å². The van der Waals surface area contributed by atoms with Crippen molar-refractivity contribution in [3.05, 3.63) is 58.9 Å². The zero-order valence-electron chi connectivity index (χ0n) is 12.7. The van der Waals surface area contributed by atoms with E-state index in [4.69, 9.17) is 0 Å². The van der Waals surface area contributed by atoms with Gasteiger partial charge in [0.2, 0.25) is 0 Å². The summed E-state index contributed by atoms with van der Waals surface area (Å²) >= 11 is 0. The van der Waals surface area contributed by atoms with Crippen LogP contribution in [0, 0.1) is 19.7 Å². The van der Waals surface area contributed by atoms with E-state index >= 15 is 0 Å². The molecule has 0 aliphatic rings. The minimum Gasteiger partial charge on any atom is -0.378 e. The van der Waals surface area contributed by atoms with E-state index < -0.39 is 11.7 Å². The third-order valence-corrected chi connectivity index (χ3v) is 3.41. The zero-order valence-corrected chi connectivity index (χ0v) is 12.7. The first-order chi connectivity index (χ1) is 9.90. The van der Waals surface area contributed by atoms with Crippen LogP contribution in [-0.4, -0.2) is 20.0 Å². The third kappa shape index (κ3) is 3.21. The molecule has 0 heterocycles. The van der Waals surface area contributed by atoms with Gasteiger partial charge in [0.1, 0.15) is 5.82 Å². The van der Waals surface area contributed by atoms with Crippen molar-refractivity contribution in [3.8, 4) is 0 Å². The van der Waals surface area contributed by atoms with Crippen LogP contribution in [0.3, 0.4) is 0 Å². The molecule has 0 bridgehead atoms. The largest absolute Gasteiger partial charge is 0.378 e. The average molecular weight is 286 g/mol. The molecule has 0 atom stereocenters. The van der Waals surface area contributed by atoms with Gasteiger partial charge in [-0.1, -0.05) is 12.1 Å². The van der Waals surface area contributed by atoms with Gasteiger partial charge in [0.05, 0.1) is 5.56 Å². The van der Waals surface area contributed by atoms with Crippen molar-refractivity contribution >= 4 is 17.3 Å². The van der Waals surface area contributed by atoms with Gasteiger partial charge >= 0.3 is 0 Å². The zero-order chi connectivity index (χ0) is 15.6. The minimum atomic E-state index is -0.474. The molecule has 0 saturated carbocycles. The second-order valence-electron chi connectivity index (χ2n) is 5.28. The molecule has 2 aromatic rings. The Labute approximate surface area is 124 Å². The predicted molar refractivity (Wildman–Crippen MR) is 84.6 cm³/mol. The van der Waals surface area contributed by atoms with E-state index in [-0.39, 0.29) is 5.56 Å². The molecule has 2 rings (SSSR count). The van der Waals surface area contributed by atoms with Crippen molar-refractivity contribution in [1.29, 1.82) is 0 Å². The summed E-state index contributed by atoms with van der Waals surface area (Å²) in [5, 5.41) is 2.76. The van der Waals surface area contributed by atoms with Gasteiger partial charge in [0.25, 0.3) is 5.91 Å². The quantitative estimate of drug-likeness (QED) is 0.931. The normalized spacial score (nSPS) is 10.3. The van der Waals surface area contributed by atoms with Gasteiger partial charge in [-0.3, -0.25) is 4.79 Å². The monoisotopic (exact) mass is 286 g/mol. The van der Waals surface area contributed by atoms with Crippen LogP contribution in [0.15, 0.2) is 36.4 Å². The van der Waals surface area contributed by atoms with Gasteiger partial charge in [0.15, 0.2) is 0 Å². The summed E-state index contributed by atoms with van der Waals surface area (Å²) in [5.41, 5.74) is 3.19. The first kappa shape index (κ1) is 15.0. The van der Waals surface area contributed by atoms with Gasteiger partial charge in [-0.25, -0.2) is 4.39 Å². The highest BCUT2D eigenvalue weighted by atomic mass is 19.1. The standard InChI is InChI=1S/C17H19FN2O/c1-11-6-5-7-14(16(11)18)17(21)19-15-9-8-13(20(3)4)10-12(15)2/h5-10H,1-4H3,(H,19,21). The minimum absolute atomic E-state index is 0.0612. The van der Waals surface area contributed by atoms with Gasteiger partial charge in [0, 0.05) is 25.5 Å². The summed E-state index contributed by atoms with van der Waals surface area (Å²) in [7, 11) is 3.91. The Morgan fingerprint density at radius 2 is 1.81 bits per heavy atom. The molecule has 110 valence electrons. The number of hydrogen-bond donors (Lipinski definition) is 1. The number of nitrogens with one attached hydrogen (secondary N) is 1. The van der Waals surface area contributed by atoms with Crippen LogP contribution in [0.5, 0.6) is 0 Å². The van der Waals surface area contributed by atoms with Crippen molar-refractivity contribution in [3.63, 3.8) is 0 Å². The lowest BCUT2D eigenvalue weighted by Gasteiger charge is -2.15. The second kappa shape index (κ2) is 5.95. The molecule has 2 aromatic carbocycles. The smallest absolute Gasteiger partial charge is 0.258 e. The van der Waals surface area contributed by atoms with Crippen LogP contribution >= 0.6 is 0 Å². The Morgan fingerprint density at radius 1 is 1.10 bits per heavy atom. The van der Waals surface area contributed by atoms with Crippen LogP contribution in [0.2, 0.25) is 0 Å². The fraction of sp³-hybridized carbons (Fsp3) is 0.235. The Kier molecular flexibility index (Phi) is 4.26. The van der Waals surface area contributed by atoms with E-state index in [1.165, 1.54) is 6.07 Å². The van der Waals surface area contributed by atoms with Gasteiger partial charge in [-0.05, 0) is 49.2 Å². The lowest BCUT2D eigenvalue weighted by molar-refractivity contribution is 0.102. The van der Waals surface area contributed by atoms with Crippen molar-refractivity contribution in [2.45, 2.75) is 13.8 Å². The SMILES string of the molecule is Cc1cc(N(C)C)ccc1NC(=O)c1cccc(C)c1F. The van der Waals surface area contributed by atoms with E-state index in [2.05, 4.69) is 5.32 Å². The van der Waals surface area contributed by atoms with Crippen LogP contribution in [0.4, 0.5) is 15.8 Å². The molecule has 0 radical (unpaired) electrons. The number of hydrogen-bond acceptors (Lipinski definition) is 2. The molecule has 1 amide bonds. The number of amides is 1. The Balaban J connectivity index is 2.26. The van der Waals surface area contributed by atoms with Crippen molar-refractivity contribution < 1.29 is 9.18 Å². The molecule has 21 heavy (non-hydrogen) atoms. The molecule has 1 N–H and O–H groups in total. The predicted octanol–water partition coefficient (Wildman–Crippen LogP) is 3.76. The Bertz CT molecular complexity index is 680. The van der Waals surface area contributed by atoms with E-state index in [0.29, 0.717) is 11.3 Å². The van der Waals surface area contributed by atoms with Gasteiger partial charge < -0.3 is 10.2 Å². The first-order valence-corrected chi connectivity index (χ1v) is 6.74. The van der Waals surface area contributed by atoms with Crippen LogP contribution in [-0.2, 0) is 0 Å². The summed E-state index contributed by atoms with van der Waals surface area (Å²) in [6, 6.07) is 10.5. The highest BCUT2D eigenvalue weighted by molar-refractivity contribution is 6.05. The molecule has 0 unspecified atom stereocenters. The van der Waals surface area contributed by atoms with E-state index in [0.717, 1.165) is 11.3 Å². The highest BCUT2D eigenvalue weighted by Crippen LogP contribution is 2.22. The van der Waals surface area contributed by atoms with Crippen molar-refractivity contribution in [1.82, 2.24) is 0 Å².